The van der Waals surface area contributed by atoms with Gasteiger partial charge in [-0.25, -0.2) is 4.68 Å². The Bertz CT molecular complexity index is 1310. The molecular formula is C22H20ClN5O3S. The van der Waals surface area contributed by atoms with Gasteiger partial charge in [0.25, 0.3) is 10.8 Å². The molecule has 0 spiro atoms. The highest BCUT2D eigenvalue weighted by Crippen LogP contribution is 2.25. The van der Waals surface area contributed by atoms with Crippen LogP contribution in [0.1, 0.15) is 12.1 Å². The van der Waals surface area contributed by atoms with Gasteiger partial charge in [-0.3, -0.25) is 14.3 Å². The molecule has 8 nitrogen and oxygen atoms in total. The molecule has 0 fully saturated rings. The summed E-state index contributed by atoms with van der Waals surface area (Å²) in [5, 5.41) is 11.7. The molecule has 0 atom stereocenters. The first-order chi connectivity index (χ1) is 15.4. The first-order valence-corrected chi connectivity index (χ1v) is 11.2. The van der Waals surface area contributed by atoms with Gasteiger partial charge in [-0.05, 0) is 37.3 Å². The maximum absolute atomic E-state index is 12.9. The van der Waals surface area contributed by atoms with E-state index in [1.807, 2.05) is 36.4 Å². The molecule has 0 radical (unpaired) electrons. The van der Waals surface area contributed by atoms with Gasteiger partial charge in [0.05, 0.1) is 11.4 Å². The summed E-state index contributed by atoms with van der Waals surface area (Å²) in [5.74, 6) is 0.515. The van der Waals surface area contributed by atoms with Gasteiger partial charge in [0.15, 0.2) is 0 Å². The molecule has 10 heteroatoms. The molecule has 2 aromatic carbocycles. The predicted molar refractivity (Wildman–Crippen MR) is 124 cm³/mol. The van der Waals surface area contributed by atoms with Gasteiger partial charge < -0.3 is 9.73 Å². The fourth-order valence-corrected chi connectivity index (χ4v) is 4.04. The minimum absolute atomic E-state index is 0.179. The van der Waals surface area contributed by atoms with Crippen LogP contribution in [0.25, 0.3) is 17.1 Å². The molecule has 32 heavy (non-hydrogen) atoms. The van der Waals surface area contributed by atoms with Crippen molar-refractivity contribution in [2.45, 2.75) is 18.6 Å². The lowest BCUT2D eigenvalue weighted by atomic mass is 10.2. The van der Waals surface area contributed by atoms with Crippen LogP contribution < -0.4 is 10.9 Å². The van der Waals surface area contributed by atoms with Crippen LogP contribution in [0.3, 0.4) is 0 Å². The third-order valence-electron chi connectivity index (χ3n) is 4.85. The molecule has 0 bridgehead atoms. The molecule has 0 saturated carbocycles. The highest BCUT2D eigenvalue weighted by molar-refractivity contribution is 7.99. The van der Waals surface area contributed by atoms with Gasteiger partial charge >= 0.3 is 0 Å². The lowest BCUT2D eigenvalue weighted by molar-refractivity contribution is -0.115. The Morgan fingerprint density at radius 2 is 1.94 bits per heavy atom. The number of carbonyl (C=O) groups is 1. The zero-order valence-electron chi connectivity index (χ0n) is 17.4. The van der Waals surface area contributed by atoms with Crippen LogP contribution in [0.5, 0.6) is 0 Å². The van der Waals surface area contributed by atoms with Crippen molar-refractivity contribution >= 4 is 35.0 Å². The van der Waals surface area contributed by atoms with E-state index in [-0.39, 0.29) is 23.6 Å². The smallest absolute Gasteiger partial charge is 0.295 e. The summed E-state index contributed by atoms with van der Waals surface area (Å²) in [5.41, 5.74) is 2.12. The highest BCUT2D eigenvalue weighted by Gasteiger charge is 2.18. The molecule has 2 heterocycles. The van der Waals surface area contributed by atoms with E-state index < -0.39 is 0 Å². The van der Waals surface area contributed by atoms with Gasteiger partial charge in [0.2, 0.25) is 11.8 Å². The average molecular weight is 470 g/mol. The molecular weight excluding hydrogens is 450 g/mol. The summed E-state index contributed by atoms with van der Waals surface area (Å²) in [6.45, 7) is 1.79. The average Bonchev–Trinajstić information content (AvgIpc) is 3.34. The van der Waals surface area contributed by atoms with Crippen molar-refractivity contribution in [1.82, 2.24) is 19.6 Å². The second-order valence-corrected chi connectivity index (χ2v) is 8.45. The number of hydrogen-bond donors (Lipinski definition) is 1. The SMILES string of the molecule is Cc1c(NC(=O)CCSc2nnc(-c3cccc(Cl)c3)o2)c(=O)n(-c2ccccc2)n1C. The van der Waals surface area contributed by atoms with E-state index in [1.54, 1.807) is 36.9 Å². The van der Waals surface area contributed by atoms with Gasteiger partial charge in [-0.15, -0.1) is 10.2 Å². The summed E-state index contributed by atoms with van der Waals surface area (Å²) < 4.78 is 8.87. The van der Waals surface area contributed by atoms with Crippen molar-refractivity contribution < 1.29 is 9.21 Å². The molecule has 4 aromatic rings. The number of para-hydroxylation sites is 1. The van der Waals surface area contributed by atoms with Crippen LogP contribution in [0.2, 0.25) is 5.02 Å². The van der Waals surface area contributed by atoms with E-state index in [2.05, 4.69) is 15.5 Å². The van der Waals surface area contributed by atoms with Crippen molar-refractivity contribution in [2.24, 2.45) is 7.05 Å². The van der Waals surface area contributed by atoms with Crippen LogP contribution in [0.15, 0.2) is 69.0 Å². The minimum Gasteiger partial charge on any atom is -0.411 e. The van der Waals surface area contributed by atoms with Gasteiger partial charge in [0, 0.05) is 29.8 Å². The minimum atomic E-state index is -0.278. The zero-order chi connectivity index (χ0) is 22.7. The van der Waals surface area contributed by atoms with Crippen LogP contribution >= 0.6 is 23.4 Å². The molecule has 0 aliphatic rings. The summed E-state index contributed by atoms with van der Waals surface area (Å²) in [6, 6.07) is 16.4. The number of nitrogens with one attached hydrogen (secondary N) is 1. The van der Waals surface area contributed by atoms with Crippen LogP contribution in [0.4, 0.5) is 5.69 Å². The lowest BCUT2D eigenvalue weighted by Crippen LogP contribution is -2.23. The zero-order valence-corrected chi connectivity index (χ0v) is 19.0. The Morgan fingerprint density at radius 3 is 2.69 bits per heavy atom. The van der Waals surface area contributed by atoms with E-state index in [4.69, 9.17) is 16.0 Å². The Kier molecular flexibility index (Phi) is 6.48. The van der Waals surface area contributed by atoms with Gasteiger partial charge in [-0.2, -0.15) is 0 Å². The largest absolute Gasteiger partial charge is 0.411 e. The molecule has 0 aliphatic heterocycles. The number of amides is 1. The molecule has 1 amide bonds. The van der Waals surface area contributed by atoms with Crippen molar-refractivity contribution in [3.8, 4) is 17.1 Å². The molecule has 0 saturated heterocycles. The summed E-state index contributed by atoms with van der Waals surface area (Å²) in [6.07, 6.45) is 0.179. The summed E-state index contributed by atoms with van der Waals surface area (Å²) in [4.78, 5) is 25.3. The number of aromatic nitrogens is 4. The van der Waals surface area contributed by atoms with E-state index in [9.17, 15) is 9.59 Å². The van der Waals surface area contributed by atoms with Crippen LogP contribution in [-0.2, 0) is 11.8 Å². The molecule has 0 unspecified atom stereocenters. The van der Waals surface area contributed by atoms with Crippen LogP contribution in [0, 0.1) is 6.92 Å². The maximum atomic E-state index is 12.9. The maximum Gasteiger partial charge on any atom is 0.295 e. The predicted octanol–water partition coefficient (Wildman–Crippen LogP) is 4.31. The van der Waals surface area contributed by atoms with Crippen molar-refractivity contribution in [1.29, 1.82) is 0 Å². The topological polar surface area (TPSA) is 95.0 Å². The molecule has 164 valence electrons. The summed E-state index contributed by atoms with van der Waals surface area (Å²) in [7, 11) is 1.78. The number of carbonyl (C=O) groups excluding carboxylic acids is 1. The number of nitrogens with zero attached hydrogens (tertiary/aromatic N) is 4. The van der Waals surface area contributed by atoms with E-state index in [0.29, 0.717) is 27.6 Å². The lowest BCUT2D eigenvalue weighted by Gasteiger charge is -2.07. The molecule has 0 aliphatic carbocycles. The normalized spacial score (nSPS) is 11.0. The molecule has 4 rings (SSSR count). The number of halogens is 1. The van der Waals surface area contributed by atoms with Crippen LogP contribution in [-0.4, -0.2) is 31.2 Å². The number of anilines is 1. The monoisotopic (exact) mass is 469 g/mol. The fourth-order valence-electron chi connectivity index (χ4n) is 3.15. The molecule has 2 aromatic heterocycles. The quantitative estimate of drug-likeness (QED) is 0.405. The fraction of sp³-hybridized carbons (Fsp3) is 0.182. The number of hydrogen-bond acceptors (Lipinski definition) is 6. The third-order valence-corrected chi connectivity index (χ3v) is 5.91. The Hall–Kier alpha value is -3.30. The van der Waals surface area contributed by atoms with E-state index in [1.165, 1.54) is 16.4 Å². The standard InChI is InChI=1S/C22H20ClN5O3S/c1-14-19(21(30)28(27(14)2)17-9-4-3-5-10-17)24-18(29)11-12-32-22-26-25-20(31-22)15-7-6-8-16(23)13-15/h3-10,13H,11-12H2,1-2H3,(H,24,29). The number of thioether (sulfide) groups is 1. The van der Waals surface area contributed by atoms with E-state index >= 15 is 0 Å². The second kappa shape index (κ2) is 9.46. The summed E-state index contributed by atoms with van der Waals surface area (Å²) >= 11 is 7.26. The number of rotatable bonds is 7. The van der Waals surface area contributed by atoms with Gasteiger partial charge in [0.1, 0.15) is 5.69 Å². The van der Waals surface area contributed by atoms with Crippen molar-refractivity contribution in [3.63, 3.8) is 0 Å². The Balaban J connectivity index is 1.38. The Morgan fingerprint density at radius 1 is 1.16 bits per heavy atom. The van der Waals surface area contributed by atoms with Gasteiger partial charge in [-0.1, -0.05) is 47.6 Å². The number of benzene rings is 2. The first-order valence-electron chi connectivity index (χ1n) is 9.80. The van der Waals surface area contributed by atoms with E-state index in [0.717, 1.165) is 11.3 Å². The third kappa shape index (κ3) is 4.63. The molecule has 1 N–H and O–H groups in total. The first kappa shape index (κ1) is 21.9. The van der Waals surface area contributed by atoms with Crippen molar-refractivity contribution in [2.75, 3.05) is 11.1 Å². The highest BCUT2D eigenvalue weighted by atomic mass is 35.5. The van der Waals surface area contributed by atoms with Crippen molar-refractivity contribution in [3.05, 3.63) is 75.7 Å². The second-order valence-electron chi connectivity index (χ2n) is 6.97. The Labute approximate surface area is 193 Å².